The zero-order valence-electron chi connectivity index (χ0n) is 24.9. The lowest BCUT2D eigenvalue weighted by atomic mass is 10.2. The van der Waals surface area contributed by atoms with Crippen LogP contribution in [0.2, 0.25) is 0 Å². The number of para-hydroxylation sites is 1. The van der Waals surface area contributed by atoms with Crippen LogP contribution in [0.1, 0.15) is 5.56 Å². The molecule has 0 aliphatic carbocycles. The molecule has 1 heterocycles. The van der Waals surface area contributed by atoms with Gasteiger partial charge in [0.05, 0.1) is 56.5 Å². The van der Waals surface area contributed by atoms with Gasteiger partial charge in [-0.25, -0.2) is 13.4 Å². The monoisotopic (exact) mass is 631 g/mol. The van der Waals surface area contributed by atoms with E-state index < -0.39 is 9.84 Å². The van der Waals surface area contributed by atoms with Crippen molar-refractivity contribution in [2.24, 2.45) is 10.2 Å². The molecule has 15 heteroatoms. The van der Waals surface area contributed by atoms with Crippen LogP contribution in [-0.4, -0.2) is 106 Å². The van der Waals surface area contributed by atoms with Crippen molar-refractivity contribution in [2.45, 2.75) is 11.8 Å². The minimum absolute atomic E-state index is 0.0244. The standard InChI is InChI=1S/C29H41N7O7S/c1-21-26(30)28(32-22-6-4-3-5-7-22)33-29(31-10-17-43-18-16-39)27(21)35-34-24-20-23(8-9-25(24)42-2)44(40,41)19-13-36(11-14-37)12-15-38/h3-9,20,37-39H,10-19,30H2,1-2H3,(H2,31,32,33)/b35-34+. The van der Waals surface area contributed by atoms with Crippen LogP contribution in [-0.2, 0) is 14.6 Å². The Balaban J connectivity index is 1.95. The minimum atomic E-state index is -3.75. The summed E-state index contributed by atoms with van der Waals surface area (Å²) in [5.74, 6) is 0.857. The highest BCUT2D eigenvalue weighted by molar-refractivity contribution is 7.91. The molecular formula is C29H41N7O7S. The predicted octanol–water partition coefficient (Wildman–Crippen LogP) is 2.62. The molecule has 1 aromatic heterocycles. The molecule has 44 heavy (non-hydrogen) atoms. The molecule has 7 N–H and O–H groups in total. The number of azo groups is 1. The molecule has 0 saturated heterocycles. The third-order valence-corrected chi connectivity index (χ3v) is 8.24. The van der Waals surface area contributed by atoms with Crippen LogP contribution in [0.25, 0.3) is 0 Å². The molecule has 0 amide bonds. The summed E-state index contributed by atoms with van der Waals surface area (Å²) in [6.07, 6.45) is 0. The lowest BCUT2D eigenvalue weighted by Gasteiger charge is -2.20. The molecule has 0 spiro atoms. The van der Waals surface area contributed by atoms with Crippen molar-refractivity contribution in [3.8, 4) is 5.75 Å². The lowest BCUT2D eigenvalue weighted by Crippen LogP contribution is -2.34. The van der Waals surface area contributed by atoms with Gasteiger partial charge in [-0.3, -0.25) is 4.90 Å². The molecular weight excluding hydrogens is 590 g/mol. The molecule has 0 atom stereocenters. The Labute approximate surface area is 257 Å². The first kappa shape index (κ1) is 34.6. The van der Waals surface area contributed by atoms with E-state index in [9.17, 15) is 18.6 Å². The number of hydrogen-bond acceptors (Lipinski definition) is 14. The van der Waals surface area contributed by atoms with Crippen LogP contribution in [0, 0.1) is 6.92 Å². The Bertz CT molecular complexity index is 1470. The van der Waals surface area contributed by atoms with E-state index in [1.165, 1.54) is 25.3 Å². The summed E-state index contributed by atoms with van der Waals surface area (Å²) in [5.41, 5.74) is 8.69. The van der Waals surface area contributed by atoms with Gasteiger partial charge in [0.25, 0.3) is 0 Å². The third kappa shape index (κ3) is 9.83. The van der Waals surface area contributed by atoms with Crippen molar-refractivity contribution in [1.82, 2.24) is 9.88 Å². The zero-order valence-corrected chi connectivity index (χ0v) is 25.8. The van der Waals surface area contributed by atoms with E-state index >= 15 is 0 Å². The molecule has 3 aromatic rings. The first-order valence-corrected chi connectivity index (χ1v) is 15.7. The molecule has 240 valence electrons. The fraction of sp³-hybridized carbons (Fsp3) is 0.414. The van der Waals surface area contributed by atoms with Crippen LogP contribution in [0.15, 0.2) is 63.7 Å². The number of nitrogens with zero attached hydrogens (tertiary/aromatic N) is 4. The Morgan fingerprint density at radius 3 is 2.34 bits per heavy atom. The number of nitrogen functional groups attached to an aromatic ring is 1. The molecule has 0 radical (unpaired) electrons. The molecule has 2 aromatic carbocycles. The Morgan fingerprint density at radius 1 is 0.955 bits per heavy atom. The minimum Gasteiger partial charge on any atom is -0.494 e. The topological polar surface area (TPSA) is 204 Å². The number of rotatable bonds is 19. The molecule has 0 aliphatic rings. The van der Waals surface area contributed by atoms with Crippen molar-refractivity contribution < 1.29 is 33.2 Å². The molecule has 0 bridgehead atoms. The number of nitrogens with two attached hydrogens (primary N) is 1. The number of hydrogen-bond donors (Lipinski definition) is 6. The maximum Gasteiger partial charge on any atom is 0.179 e. The number of sulfone groups is 1. The summed E-state index contributed by atoms with van der Waals surface area (Å²) in [5, 5.41) is 42.6. The van der Waals surface area contributed by atoms with Gasteiger partial charge in [0.15, 0.2) is 21.5 Å². The number of aliphatic hydroxyl groups is 3. The number of ether oxygens (including phenoxy) is 2. The first-order valence-electron chi connectivity index (χ1n) is 14.0. The largest absolute Gasteiger partial charge is 0.494 e. The van der Waals surface area contributed by atoms with E-state index in [4.69, 9.17) is 20.3 Å². The second-order valence-corrected chi connectivity index (χ2v) is 11.7. The SMILES string of the molecule is COc1ccc(S(=O)(=O)CCN(CCO)CCO)cc1/N=N/c1c(NCCOCCO)nc(Nc2ccccc2)c(N)c1C. The fourth-order valence-electron chi connectivity index (χ4n) is 4.15. The van der Waals surface area contributed by atoms with Crippen molar-refractivity contribution in [2.75, 3.05) is 88.4 Å². The number of aromatic nitrogens is 1. The fourth-order valence-corrected chi connectivity index (χ4v) is 5.45. The van der Waals surface area contributed by atoms with Crippen LogP contribution in [0.3, 0.4) is 0 Å². The van der Waals surface area contributed by atoms with E-state index in [1.807, 2.05) is 30.3 Å². The van der Waals surface area contributed by atoms with Crippen molar-refractivity contribution in [3.05, 3.63) is 54.1 Å². The Morgan fingerprint density at radius 2 is 1.68 bits per heavy atom. The number of anilines is 4. The maximum atomic E-state index is 13.2. The predicted molar refractivity (Wildman–Crippen MR) is 169 cm³/mol. The maximum absolute atomic E-state index is 13.2. The number of pyridine rings is 1. The lowest BCUT2D eigenvalue weighted by molar-refractivity contribution is 0.0992. The Hall–Kier alpha value is -3.86. The number of nitrogens with one attached hydrogen (secondary N) is 2. The second-order valence-electron chi connectivity index (χ2n) is 9.59. The molecule has 0 aliphatic heterocycles. The van der Waals surface area contributed by atoms with Gasteiger partial charge in [-0.1, -0.05) is 18.2 Å². The average molecular weight is 632 g/mol. The summed E-state index contributed by atoms with van der Waals surface area (Å²) >= 11 is 0. The summed E-state index contributed by atoms with van der Waals surface area (Å²) in [6.45, 7) is 2.86. The van der Waals surface area contributed by atoms with Gasteiger partial charge in [-0.15, -0.1) is 10.2 Å². The first-order chi connectivity index (χ1) is 21.2. The van der Waals surface area contributed by atoms with Crippen LogP contribution < -0.4 is 21.1 Å². The quantitative estimate of drug-likeness (QED) is 0.0835. The summed E-state index contributed by atoms with van der Waals surface area (Å²) < 4.78 is 37.1. The van der Waals surface area contributed by atoms with Gasteiger partial charge in [-0.2, -0.15) is 0 Å². The molecule has 3 rings (SSSR count). The highest BCUT2D eigenvalue weighted by Crippen LogP contribution is 2.39. The molecule has 14 nitrogen and oxygen atoms in total. The second kappa shape index (κ2) is 17.4. The van der Waals surface area contributed by atoms with Gasteiger partial charge in [-0.05, 0) is 37.3 Å². The average Bonchev–Trinajstić information content (AvgIpc) is 3.02. The van der Waals surface area contributed by atoms with Gasteiger partial charge in [0, 0.05) is 37.4 Å². The molecule has 0 fully saturated rings. The number of aliphatic hydroxyl groups excluding tert-OH is 3. The summed E-state index contributed by atoms with van der Waals surface area (Å²) in [6, 6.07) is 13.7. The molecule has 0 unspecified atom stereocenters. The van der Waals surface area contributed by atoms with Gasteiger partial charge < -0.3 is 41.2 Å². The number of methoxy groups -OCH3 is 1. The van der Waals surface area contributed by atoms with Crippen LogP contribution in [0.5, 0.6) is 5.75 Å². The van der Waals surface area contributed by atoms with Gasteiger partial charge >= 0.3 is 0 Å². The summed E-state index contributed by atoms with van der Waals surface area (Å²) in [7, 11) is -2.30. The van der Waals surface area contributed by atoms with E-state index in [2.05, 4.69) is 25.8 Å². The Kier molecular flexibility index (Phi) is 13.7. The van der Waals surface area contributed by atoms with Gasteiger partial charge in [0.1, 0.15) is 17.1 Å². The van der Waals surface area contributed by atoms with E-state index in [0.717, 1.165) is 5.69 Å². The highest BCUT2D eigenvalue weighted by Gasteiger charge is 2.20. The third-order valence-electron chi connectivity index (χ3n) is 6.55. The van der Waals surface area contributed by atoms with E-state index in [1.54, 1.807) is 11.8 Å². The summed E-state index contributed by atoms with van der Waals surface area (Å²) in [4.78, 5) is 6.35. The zero-order chi connectivity index (χ0) is 32.0. The number of benzene rings is 2. The van der Waals surface area contributed by atoms with Crippen molar-refractivity contribution in [1.29, 1.82) is 0 Å². The van der Waals surface area contributed by atoms with Crippen molar-refractivity contribution >= 4 is 44.2 Å². The van der Waals surface area contributed by atoms with Crippen molar-refractivity contribution in [3.63, 3.8) is 0 Å². The van der Waals surface area contributed by atoms with Crippen LogP contribution >= 0.6 is 0 Å². The van der Waals surface area contributed by atoms with Gasteiger partial charge in [0.2, 0.25) is 0 Å². The smallest absolute Gasteiger partial charge is 0.179 e. The van der Waals surface area contributed by atoms with E-state index in [-0.39, 0.29) is 62.4 Å². The van der Waals surface area contributed by atoms with Crippen LogP contribution in [0.4, 0.5) is 34.4 Å². The highest BCUT2D eigenvalue weighted by atomic mass is 32.2. The normalized spacial score (nSPS) is 11.8. The molecule has 0 saturated carbocycles. The van der Waals surface area contributed by atoms with E-state index in [0.29, 0.717) is 47.5 Å².